The predicted octanol–water partition coefficient (Wildman–Crippen LogP) is 4.71. The molecule has 2 heterocycles. The van der Waals surface area contributed by atoms with E-state index in [-0.39, 0.29) is 12.5 Å². The summed E-state index contributed by atoms with van der Waals surface area (Å²) in [5.74, 6) is 0.769. The number of hydrogen-bond donors (Lipinski definition) is 0. The van der Waals surface area contributed by atoms with Crippen LogP contribution in [0.25, 0.3) is 23.1 Å². The number of para-hydroxylation sites is 1. The van der Waals surface area contributed by atoms with E-state index in [1.165, 1.54) is 5.56 Å². The summed E-state index contributed by atoms with van der Waals surface area (Å²) in [5.41, 5.74) is 4.03. The highest BCUT2D eigenvalue weighted by Gasteiger charge is 2.18. The monoisotopic (exact) mass is 372 g/mol. The molecular weight excluding hydrogens is 348 g/mol. The van der Waals surface area contributed by atoms with Crippen LogP contribution in [0.2, 0.25) is 0 Å². The molecule has 1 amide bonds. The van der Waals surface area contributed by atoms with Gasteiger partial charge in [-0.15, -0.1) is 0 Å². The van der Waals surface area contributed by atoms with Crippen molar-refractivity contribution >= 4 is 29.0 Å². The van der Waals surface area contributed by atoms with Gasteiger partial charge in [-0.05, 0) is 56.2 Å². The van der Waals surface area contributed by atoms with Gasteiger partial charge >= 0.3 is 0 Å². The Hall–Kier alpha value is -3.14. The number of carbonyl (C=O) groups is 1. The molecule has 1 saturated heterocycles. The normalized spacial score (nSPS) is 14.1. The van der Waals surface area contributed by atoms with E-state index in [0.717, 1.165) is 48.1 Å². The van der Waals surface area contributed by atoms with Gasteiger partial charge in [0.25, 0.3) is 5.91 Å². The molecule has 0 unspecified atom stereocenters. The first-order chi connectivity index (χ1) is 13.7. The summed E-state index contributed by atoms with van der Waals surface area (Å²) in [6, 6.07) is 18.1. The molecule has 0 saturated carbocycles. The predicted molar refractivity (Wildman–Crippen MR) is 113 cm³/mol. The number of aryl methyl sites for hydroxylation is 1. The maximum atomic E-state index is 12.2. The number of fused-ring (bicyclic) bond motifs is 1. The van der Waals surface area contributed by atoms with Crippen molar-refractivity contribution in [3.8, 4) is 5.75 Å². The summed E-state index contributed by atoms with van der Waals surface area (Å²) < 4.78 is 5.82. The van der Waals surface area contributed by atoms with E-state index in [1.807, 2.05) is 53.5 Å². The first-order valence-electron chi connectivity index (χ1n) is 9.74. The molecule has 1 aliphatic rings. The lowest BCUT2D eigenvalue weighted by atomic mass is 10.1. The maximum absolute atomic E-state index is 12.2. The van der Waals surface area contributed by atoms with Crippen molar-refractivity contribution < 1.29 is 9.53 Å². The lowest BCUT2D eigenvalue weighted by Gasteiger charge is -2.16. The second-order valence-electron chi connectivity index (χ2n) is 7.18. The molecule has 2 aromatic carbocycles. The first kappa shape index (κ1) is 18.2. The fraction of sp³-hybridized carbons (Fsp3) is 0.250. The summed E-state index contributed by atoms with van der Waals surface area (Å²) in [4.78, 5) is 18.8. The summed E-state index contributed by atoms with van der Waals surface area (Å²) in [7, 11) is 0. The summed E-state index contributed by atoms with van der Waals surface area (Å²) >= 11 is 0. The lowest BCUT2D eigenvalue weighted by molar-refractivity contribution is -0.132. The fourth-order valence-electron chi connectivity index (χ4n) is 3.48. The number of pyridine rings is 1. The van der Waals surface area contributed by atoms with Crippen LogP contribution < -0.4 is 4.74 Å². The highest BCUT2D eigenvalue weighted by molar-refractivity contribution is 5.82. The van der Waals surface area contributed by atoms with Crippen LogP contribution in [-0.2, 0) is 4.79 Å². The number of hydrogen-bond acceptors (Lipinski definition) is 3. The maximum Gasteiger partial charge on any atom is 0.260 e. The van der Waals surface area contributed by atoms with E-state index in [2.05, 4.69) is 25.1 Å². The van der Waals surface area contributed by atoms with Crippen LogP contribution in [0.1, 0.15) is 29.7 Å². The highest BCUT2D eigenvalue weighted by Crippen LogP contribution is 2.22. The molecule has 0 aliphatic carbocycles. The number of ether oxygens (including phenoxy) is 1. The van der Waals surface area contributed by atoms with Gasteiger partial charge in [0.1, 0.15) is 5.75 Å². The van der Waals surface area contributed by atoms with Gasteiger partial charge in [0.2, 0.25) is 0 Å². The van der Waals surface area contributed by atoms with Crippen LogP contribution in [0.5, 0.6) is 5.75 Å². The van der Waals surface area contributed by atoms with Crippen molar-refractivity contribution in [1.29, 1.82) is 0 Å². The largest absolute Gasteiger partial charge is 0.483 e. The highest BCUT2D eigenvalue weighted by atomic mass is 16.5. The van der Waals surface area contributed by atoms with Crippen molar-refractivity contribution in [2.24, 2.45) is 0 Å². The Kier molecular flexibility index (Phi) is 5.38. The number of benzene rings is 2. The zero-order chi connectivity index (χ0) is 19.3. The van der Waals surface area contributed by atoms with Gasteiger partial charge in [-0.1, -0.05) is 35.9 Å². The Balaban J connectivity index is 1.48. The lowest BCUT2D eigenvalue weighted by Crippen LogP contribution is -2.32. The molecule has 1 aliphatic heterocycles. The quantitative estimate of drug-likeness (QED) is 0.651. The third kappa shape index (κ3) is 4.22. The van der Waals surface area contributed by atoms with Crippen LogP contribution in [0.4, 0.5) is 0 Å². The van der Waals surface area contributed by atoms with Crippen molar-refractivity contribution in [1.82, 2.24) is 9.88 Å². The van der Waals surface area contributed by atoms with Crippen molar-refractivity contribution in [3.05, 3.63) is 71.4 Å². The molecule has 0 spiro atoms. The Morgan fingerprint density at radius 3 is 2.75 bits per heavy atom. The standard InChI is InChI=1S/C24H24N2O2/c1-18-8-13-22-20(16-18)10-12-21(25-22)11-9-19-6-2-3-7-23(19)28-17-24(27)26-14-4-5-15-26/h2-3,6-13,16H,4-5,14-15,17H2,1H3. The minimum atomic E-state index is 0.0581. The van der Waals surface area contributed by atoms with E-state index >= 15 is 0 Å². The van der Waals surface area contributed by atoms with Gasteiger partial charge in [-0.25, -0.2) is 4.98 Å². The van der Waals surface area contributed by atoms with Crippen molar-refractivity contribution in [2.75, 3.05) is 19.7 Å². The number of aromatic nitrogens is 1. The number of carbonyl (C=O) groups excluding carboxylic acids is 1. The Labute approximate surface area is 165 Å². The number of rotatable bonds is 5. The third-order valence-electron chi connectivity index (χ3n) is 5.03. The van der Waals surface area contributed by atoms with E-state index in [4.69, 9.17) is 9.72 Å². The average Bonchev–Trinajstić information content (AvgIpc) is 3.26. The van der Waals surface area contributed by atoms with Crippen LogP contribution >= 0.6 is 0 Å². The molecule has 4 rings (SSSR count). The first-order valence-corrected chi connectivity index (χ1v) is 9.74. The second kappa shape index (κ2) is 8.26. The Morgan fingerprint density at radius 1 is 1.07 bits per heavy atom. The van der Waals surface area contributed by atoms with Crippen LogP contribution in [0.15, 0.2) is 54.6 Å². The van der Waals surface area contributed by atoms with Crippen LogP contribution in [0.3, 0.4) is 0 Å². The molecule has 0 atom stereocenters. The minimum absolute atomic E-state index is 0.0581. The molecule has 28 heavy (non-hydrogen) atoms. The smallest absolute Gasteiger partial charge is 0.260 e. The Bertz CT molecular complexity index is 1020. The zero-order valence-corrected chi connectivity index (χ0v) is 16.1. The van der Waals surface area contributed by atoms with Gasteiger partial charge in [0.05, 0.1) is 11.2 Å². The molecular formula is C24H24N2O2. The van der Waals surface area contributed by atoms with Crippen LogP contribution in [-0.4, -0.2) is 35.5 Å². The van der Waals surface area contributed by atoms with Gasteiger partial charge in [-0.3, -0.25) is 4.79 Å². The summed E-state index contributed by atoms with van der Waals surface area (Å²) in [5, 5.41) is 1.14. The van der Waals surface area contributed by atoms with Crippen LogP contribution in [0, 0.1) is 6.92 Å². The molecule has 1 aromatic heterocycles. The zero-order valence-electron chi connectivity index (χ0n) is 16.1. The minimum Gasteiger partial charge on any atom is -0.483 e. The fourth-order valence-corrected chi connectivity index (χ4v) is 3.48. The van der Waals surface area contributed by atoms with E-state index < -0.39 is 0 Å². The van der Waals surface area contributed by atoms with E-state index in [1.54, 1.807) is 0 Å². The molecule has 142 valence electrons. The van der Waals surface area contributed by atoms with E-state index in [0.29, 0.717) is 5.75 Å². The molecule has 0 bridgehead atoms. The molecule has 4 nitrogen and oxygen atoms in total. The van der Waals surface area contributed by atoms with Crippen molar-refractivity contribution in [2.45, 2.75) is 19.8 Å². The van der Waals surface area contributed by atoms with Crippen molar-refractivity contribution in [3.63, 3.8) is 0 Å². The summed E-state index contributed by atoms with van der Waals surface area (Å²) in [6.07, 6.45) is 6.13. The Morgan fingerprint density at radius 2 is 1.89 bits per heavy atom. The molecule has 3 aromatic rings. The van der Waals surface area contributed by atoms with Gasteiger partial charge in [0, 0.05) is 24.0 Å². The molecule has 0 N–H and O–H groups in total. The average molecular weight is 372 g/mol. The number of nitrogens with zero attached hydrogens (tertiary/aromatic N) is 2. The van der Waals surface area contributed by atoms with Gasteiger partial charge in [-0.2, -0.15) is 0 Å². The second-order valence-corrected chi connectivity index (χ2v) is 7.18. The number of amides is 1. The van der Waals surface area contributed by atoms with Gasteiger partial charge in [0.15, 0.2) is 6.61 Å². The molecule has 0 radical (unpaired) electrons. The van der Waals surface area contributed by atoms with Gasteiger partial charge < -0.3 is 9.64 Å². The summed E-state index contributed by atoms with van der Waals surface area (Å²) in [6.45, 7) is 3.85. The van der Waals surface area contributed by atoms with E-state index in [9.17, 15) is 4.79 Å². The topological polar surface area (TPSA) is 42.4 Å². The number of likely N-dealkylation sites (tertiary alicyclic amines) is 1. The third-order valence-corrected chi connectivity index (χ3v) is 5.03. The molecule has 1 fully saturated rings. The SMILES string of the molecule is Cc1ccc2nc(C=Cc3ccccc3OCC(=O)N3CCCC3)ccc2c1. The molecule has 4 heteroatoms.